The molecule has 0 aromatic heterocycles. The van der Waals surface area contributed by atoms with Crippen molar-refractivity contribution in [2.75, 3.05) is 25.0 Å². The molecule has 0 radical (unpaired) electrons. The molecule has 0 saturated carbocycles. The number of para-hydroxylation sites is 1. The van der Waals surface area contributed by atoms with Gasteiger partial charge in [-0.3, -0.25) is 9.59 Å². The Morgan fingerprint density at radius 1 is 1.10 bits per heavy atom. The molecule has 0 unspecified atom stereocenters. The maximum absolute atomic E-state index is 13.5. The van der Waals surface area contributed by atoms with Gasteiger partial charge in [-0.05, 0) is 56.0 Å². The first-order chi connectivity index (χ1) is 14.1. The molecule has 5 heteroatoms. The van der Waals surface area contributed by atoms with Crippen LogP contribution < -0.4 is 15.5 Å². The van der Waals surface area contributed by atoms with E-state index in [1.54, 1.807) is 4.90 Å². The van der Waals surface area contributed by atoms with Gasteiger partial charge in [-0.1, -0.05) is 48.5 Å². The molecule has 1 atom stereocenters. The fraction of sp³-hybridized carbons (Fsp3) is 0.417. The second-order valence-electron chi connectivity index (χ2n) is 8.22. The van der Waals surface area contributed by atoms with E-state index < -0.39 is 5.41 Å². The zero-order chi connectivity index (χ0) is 20.3. The number of hydrogen-bond acceptors (Lipinski definition) is 3. The molecule has 2 aromatic rings. The van der Waals surface area contributed by atoms with E-state index in [1.807, 2.05) is 49.5 Å². The third-order valence-electron chi connectivity index (χ3n) is 6.33. The van der Waals surface area contributed by atoms with Crippen LogP contribution in [0, 0.1) is 0 Å². The van der Waals surface area contributed by atoms with Gasteiger partial charge < -0.3 is 15.5 Å². The van der Waals surface area contributed by atoms with E-state index in [2.05, 4.69) is 22.8 Å². The molecule has 4 rings (SSSR count). The fourth-order valence-electron chi connectivity index (χ4n) is 4.75. The Morgan fingerprint density at radius 3 is 2.55 bits per heavy atom. The summed E-state index contributed by atoms with van der Waals surface area (Å²) in [6, 6.07) is 18.3. The molecule has 29 heavy (non-hydrogen) atoms. The number of rotatable bonds is 6. The van der Waals surface area contributed by atoms with Crippen molar-refractivity contribution < 1.29 is 9.59 Å². The normalized spacial score (nSPS) is 21.8. The molecule has 2 heterocycles. The summed E-state index contributed by atoms with van der Waals surface area (Å²) < 4.78 is 0. The van der Waals surface area contributed by atoms with Crippen molar-refractivity contribution in [2.45, 2.75) is 43.6 Å². The predicted octanol–water partition coefficient (Wildman–Crippen LogP) is 2.79. The summed E-state index contributed by atoms with van der Waals surface area (Å²) in [5.41, 5.74) is 2.40. The third kappa shape index (κ3) is 3.92. The predicted molar refractivity (Wildman–Crippen MR) is 115 cm³/mol. The van der Waals surface area contributed by atoms with Crippen LogP contribution in [0.5, 0.6) is 0 Å². The number of carbonyl (C=O) groups excluding carboxylic acids is 2. The molecule has 2 aliphatic heterocycles. The summed E-state index contributed by atoms with van der Waals surface area (Å²) >= 11 is 0. The summed E-state index contributed by atoms with van der Waals surface area (Å²) in [4.78, 5) is 27.9. The lowest BCUT2D eigenvalue weighted by atomic mass is 9.73. The van der Waals surface area contributed by atoms with E-state index in [-0.39, 0.29) is 17.9 Å². The lowest BCUT2D eigenvalue weighted by molar-refractivity contribution is -0.125. The monoisotopic (exact) mass is 391 g/mol. The molecule has 2 aromatic carbocycles. The number of nitrogens with one attached hydrogen (secondary N) is 2. The van der Waals surface area contributed by atoms with Crippen LogP contribution in [0.15, 0.2) is 54.6 Å². The van der Waals surface area contributed by atoms with Gasteiger partial charge in [0.25, 0.3) is 0 Å². The fourth-order valence-corrected chi connectivity index (χ4v) is 4.75. The van der Waals surface area contributed by atoms with Crippen LogP contribution in [-0.4, -0.2) is 38.0 Å². The number of nitrogens with zero attached hydrogens (tertiary/aromatic N) is 1. The second-order valence-corrected chi connectivity index (χ2v) is 8.22. The van der Waals surface area contributed by atoms with E-state index in [0.29, 0.717) is 19.3 Å². The Kier molecular flexibility index (Phi) is 5.67. The highest BCUT2D eigenvalue weighted by molar-refractivity contribution is 6.08. The van der Waals surface area contributed by atoms with E-state index in [4.69, 9.17) is 0 Å². The summed E-state index contributed by atoms with van der Waals surface area (Å²) in [5, 5.41) is 6.49. The van der Waals surface area contributed by atoms with Crippen molar-refractivity contribution >= 4 is 17.5 Å². The maximum Gasteiger partial charge on any atom is 0.237 e. The van der Waals surface area contributed by atoms with Crippen molar-refractivity contribution in [1.82, 2.24) is 10.6 Å². The van der Waals surface area contributed by atoms with Crippen LogP contribution >= 0.6 is 0 Å². The van der Waals surface area contributed by atoms with Gasteiger partial charge >= 0.3 is 0 Å². The van der Waals surface area contributed by atoms with Gasteiger partial charge in [0.05, 0.1) is 5.41 Å². The van der Waals surface area contributed by atoms with E-state index in [9.17, 15) is 9.59 Å². The number of hydrogen-bond donors (Lipinski definition) is 2. The standard InChI is InChI=1S/C24H29N3O2/c1-27-21-10-6-5-9-20(21)24(23(27)29,17-18-7-3-2-4-8-18)14-11-22(28)26-19-12-15-25-16-13-19/h2-10,19,25H,11-17H2,1H3,(H,26,28)/t24-/m0/s1. The number of carbonyl (C=O) groups is 2. The summed E-state index contributed by atoms with van der Waals surface area (Å²) in [5.74, 6) is 0.126. The Hall–Kier alpha value is -2.66. The molecular formula is C24H29N3O2. The Labute approximate surface area is 172 Å². The number of fused-ring (bicyclic) bond motifs is 1. The van der Waals surface area contributed by atoms with Crippen LogP contribution in [-0.2, 0) is 21.4 Å². The van der Waals surface area contributed by atoms with Gasteiger partial charge in [-0.15, -0.1) is 0 Å². The van der Waals surface area contributed by atoms with E-state index >= 15 is 0 Å². The van der Waals surface area contributed by atoms with Gasteiger partial charge in [-0.2, -0.15) is 0 Å². The molecule has 2 N–H and O–H groups in total. The molecule has 5 nitrogen and oxygen atoms in total. The van der Waals surface area contributed by atoms with Crippen molar-refractivity contribution in [3.05, 3.63) is 65.7 Å². The summed E-state index contributed by atoms with van der Waals surface area (Å²) in [7, 11) is 1.84. The van der Waals surface area contributed by atoms with Crippen molar-refractivity contribution in [3.63, 3.8) is 0 Å². The van der Waals surface area contributed by atoms with Gasteiger partial charge in [0.2, 0.25) is 11.8 Å². The zero-order valence-electron chi connectivity index (χ0n) is 17.0. The average molecular weight is 392 g/mol. The lowest BCUT2D eigenvalue weighted by Crippen LogP contribution is -2.44. The molecular weight excluding hydrogens is 362 g/mol. The van der Waals surface area contributed by atoms with Crippen LogP contribution in [0.2, 0.25) is 0 Å². The Balaban J connectivity index is 1.58. The summed E-state index contributed by atoms with van der Waals surface area (Å²) in [6.07, 6.45) is 3.40. The third-order valence-corrected chi connectivity index (χ3v) is 6.33. The SMILES string of the molecule is CN1C(=O)[C@@](CCC(=O)NC2CCNCC2)(Cc2ccccc2)c2ccccc21. The van der Waals surface area contributed by atoms with Crippen molar-refractivity contribution in [1.29, 1.82) is 0 Å². The highest BCUT2D eigenvalue weighted by Crippen LogP contribution is 2.46. The summed E-state index contributed by atoms with van der Waals surface area (Å²) in [6.45, 7) is 1.89. The number of amides is 2. The first-order valence-electron chi connectivity index (χ1n) is 10.5. The number of benzene rings is 2. The molecule has 1 saturated heterocycles. The van der Waals surface area contributed by atoms with Crippen LogP contribution in [0.1, 0.15) is 36.8 Å². The Bertz CT molecular complexity index is 877. The second kappa shape index (κ2) is 8.37. The van der Waals surface area contributed by atoms with Crippen LogP contribution in [0.4, 0.5) is 5.69 Å². The quantitative estimate of drug-likeness (QED) is 0.796. The maximum atomic E-state index is 13.5. The molecule has 0 spiro atoms. The topological polar surface area (TPSA) is 61.4 Å². The first-order valence-corrected chi connectivity index (χ1v) is 10.5. The molecule has 0 bridgehead atoms. The number of likely N-dealkylation sites (N-methyl/N-ethyl adjacent to an activating group) is 1. The molecule has 0 aliphatic carbocycles. The first kappa shape index (κ1) is 19.6. The minimum Gasteiger partial charge on any atom is -0.353 e. The molecule has 2 amide bonds. The average Bonchev–Trinajstić information content (AvgIpc) is 2.96. The minimum absolute atomic E-state index is 0.0455. The zero-order valence-corrected chi connectivity index (χ0v) is 17.0. The van der Waals surface area contributed by atoms with Gasteiger partial charge in [0.15, 0.2) is 0 Å². The molecule has 1 fully saturated rings. The smallest absolute Gasteiger partial charge is 0.237 e. The van der Waals surface area contributed by atoms with E-state index in [0.717, 1.165) is 42.7 Å². The van der Waals surface area contributed by atoms with E-state index in [1.165, 1.54) is 0 Å². The van der Waals surface area contributed by atoms with Gasteiger partial charge in [0, 0.05) is 25.2 Å². The van der Waals surface area contributed by atoms with Crippen LogP contribution in [0.3, 0.4) is 0 Å². The largest absolute Gasteiger partial charge is 0.353 e. The lowest BCUT2D eigenvalue weighted by Gasteiger charge is -2.29. The van der Waals surface area contributed by atoms with Gasteiger partial charge in [-0.25, -0.2) is 0 Å². The minimum atomic E-state index is -0.696. The van der Waals surface area contributed by atoms with Crippen molar-refractivity contribution in [2.24, 2.45) is 0 Å². The van der Waals surface area contributed by atoms with Gasteiger partial charge in [0.1, 0.15) is 0 Å². The Morgan fingerprint density at radius 2 is 1.79 bits per heavy atom. The highest BCUT2D eigenvalue weighted by Gasteiger charge is 2.49. The molecule has 152 valence electrons. The molecule has 2 aliphatic rings. The van der Waals surface area contributed by atoms with Crippen molar-refractivity contribution in [3.8, 4) is 0 Å². The highest BCUT2D eigenvalue weighted by atomic mass is 16.2. The number of anilines is 1. The van der Waals surface area contributed by atoms with Crippen LogP contribution in [0.25, 0.3) is 0 Å². The number of piperidine rings is 1.